The van der Waals surface area contributed by atoms with Crippen molar-refractivity contribution in [2.75, 3.05) is 7.11 Å². The predicted molar refractivity (Wildman–Crippen MR) is 109 cm³/mol. The fourth-order valence-corrected chi connectivity index (χ4v) is 1.94. The molecule has 13 heteroatoms. The fourth-order valence-electron chi connectivity index (χ4n) is 1.94. The van der Waals surface area contributed by atoms with Crippen molar-refractivity contribution >= 4 is 14.5 Å². The Hall–Kier alpha value is -2.33. The smallest absolute Gasteiger partial charge is 0.418 e. The van der Waals surface area contributed by atoms with Crippen molar-refractivity contribution in [1.29, 1.82) is 0 Å². The average Bonchev–Trinajstić information content (AvgIpc) is 2.57. The summed E-state index contributed by atoms with van der Waals surface area (Å²) in [5.41, 5.74) is 0.770. The summed E-state index contributed by atoms with van der Waals surface area (Å²) in [6, 6.07) is 4.26. The van der Waals surface area contributed by atoms with Crippen molar-refractivity contribution in [1.82, 2.24) is 0 Å². The highest BCUT2D eigenvalue weighted by molar-refractivity contribution is 6.50. The van der Waals surface area contributed by atoms with Crippen LogP contribution < -0.4 is 9.57 Å². The van der Waals surface area contributed by atoms with Crippen LogP contribution in [0, 0.1) is 0 Å². The summed E-state index contributed by atoms with van der Waals surface area (Å²) in [6.07, 6.45) is 3.54. The largest absolute Gasteiger partial charge is 0.673 e. The van der Waals surface area contributed by atoms with Crippen LogP contribution in [0.25, 0.3) is 11.1 Å². The van der Waals surface area contributed by atoms with E-state index in [1.165, 1.54) is 0 Å². The first kappa shape index (κ1) is 25.9. The first-order valence-electron chi connectivity index (χ1n) is 10.3. The Morgan fingerprint density at radius 3 is 1.31 bits per heavy atom. The van der Waals surface area contributed by atoms with Crippen LogP contribution in [0.3, 0.4) is 0 Å². The van der Waals surface area contributed by atoms with Crippen LogP contribution >= 0.6 is 0 Å². The lowest BCUT2D eigenvalue weighted by Gasteiger charge is -2.15. The molecule has 0 amide bonds. The number of nitrogens with zero attached hydrogens (tertiary/aromatic N) is 1. The fraction of sp³-hybridized carbons (Fsp3) is 0.474. The third kappa shape index (κ3) is 13.9. The van der Waals surface area contributed by atoms with Gasteiger partial charge in [-0.15, -0.1) is 0 Å². The molecule has 32 heavy (non-hydrogen) atoms. The van der Waals surface area contributed by atoms with Crippen molar-refractivity contribution in [3.05, 3.63) is 48.1 Å². The van der Waals surface area contributed by atoms with Crippen LogP contribution in [-0.2, 0) is 10.8 Å². The molecule has 2 aromatic rings. The summed E-state index contributed by atoms with van der Waals surface area (Å²) in [5, 5.41) is 0. The summed E-state index contributed by atoms with van der Waals surface area (Å²) < 4.78 is 103. The minimum atomic E-state index is -6.00. The van der Waals surface area contributed by atoms with Crippen LogP contribution in [0.15, 0.2) is 41.0 Å². The van der Waals surface area contributed by atoms with E-state index in [0.717, 1.165) is 5.56 Å². The molecule has 0 fully saturated rings. The zero-order valence-electron chi connectivity index (χ0n) is 20.8. The van der Waals surface area contributed by atoms with Gasteiger partial charge in [-0.2, -0.15) is 0 Å². The standard InChI is InChI=1S/C19H27NO2.2BF4/c1-18(2,3)16-12-15(13-17(22-16)19(4,5)6)14-8-10-20(21-7)11-9-14;2*2-1(3,4)5/h8-13H,1-7H3;;/q+2;2*-1/i12D,13D;;. The molecule has 0 unspecified atom stereocenters. The van der Waals surface area contributed by atoms with Gasteiger partial charge in [0.05, 0.1) is 13.6 Å². The van der Waals surface area contributed by atoms with Crippen LogP contribution in [0.4, 0.5) is 34.5 Å². The molecule has 0 saturated carbocycles. The molecule has 0 bridgehead atoms. The zero-order chi connectivity index (χ0) is 27.3. The highest BCUT2D eigenvalue weighted by Gasteiger charge is 2.34. The van der Waals surface area contributed by atoms with E-state index < -0.39 is 14.5 Å². The Morgan fingerprint density at radius 2 is 1.06 bits per heavy atom. The Kier molecular flexibility index (Phi) is 8.91. The lowest BCUT2D eigenvalue weighted by Crippen LogP contribution is -2.39. The molecule has 2 aromatic heterocycles. The number of hydrogen-bond acceptors (Lipinski definition) is 1. The normalized spacial score (nSPS) is 13.1. The summed E-state index contributed by atoms with van der Waals surface area (Å²) in [7, 11) is -10.4. The Bertz CT molecular complexity index is 880. The Balaban J connectivity index is 0.000000916. The van der Waals surface area contributed by atoms with Gasteiger partial charge in [0.2, 0.25) is 12.4 Å². The number of halogens is 8. The first-order chi connectivity index (χ1) is 15.0. The maximum Gasteiger partial charge on any atom is 0.673 e. The molecule has 182 valence electrons. The van der Waals surface area contributed by atoms with E-state index in [1.807, 2.05) is 53.7 Å². The van der Waals surface area contributed by atoms with Gasteiger partial charge in [0, 0.05) is 34.5 Å². The second kappa shape index (κ2) is 11.0. The van der Waals surface area contributed by atoms with E-state index in [2.05, 4.69) is 0 Å². The minimum absolute atomic E-state index is 0.274. The monoisotopic (exact) mass is 477 g/mol. The van der Waals surface area contributed by atoms with Gasteiger partial charge in [0.15, 0.2) is 0 Å². The third-order valence-corrected chi connectivity index (χ3v) is 3.35. The van der Waals surface area contributed by atoms with E-state index in [-0.39, 0.29) is 22.9 Å². The Morgan fingerprint density at radius 1 is 0.750 bits per heavy atom. The van der Waals surface area contributed by atoms with Gasteiger partial charge >= 0.3 is 26.0 Å². The molecule has 0 saturated heterocycles. The van der Waals surface area contributed by atoms with Crippen LogP contribution in [-0.4, -0.2) is 21.6 Å². The topological polar surface area (TPSA) is 24.4 Å². The maximum atomic E-state index is 9.75. The molecule has 0 spiro atoms. The molecule has 0 aliphatic rings. The summed E-state index contributed by atoms with van der Waals surface area (Å²) in [6.45, 7) is 12.1. The number of hydrogen-bond donors (Lipinski definition) is 0. The van der Waals surface area contributed by atoms with E-state index in [1.54, 1.807) is 24.2 Å². The lowest BCUT2D eigenvalue weighted by atomic mass is 9.88. The lowest BCUT2D eigenvalue weighted by molar-refractivity contribution is -0.885. The second-order valence-corrected chi connectivity index (χ2v) is 8.50. The second-order valence-electron chi connectivity index (χ2n) is 8.50. The van der Waals surface area contributed by atoms with Crippen molar-refractivity contribution < 1.29 is 51.3 Å². The number of aromatic nitrogens is 1. The summed E-state index contributed by atoms with van der Waals surface area (Å²) in [4.78, 5) is 5.13. The quantitative estimate of drug-likeness (QED) is 0.207. The summed E-state index contributed by atoms with van der Waals surface area (Å²) >= 11 is 0. The summed E-state index contributed by atoms with van der Waals surface area (Å²) in [5.74, 6) is 1.20. The van der Waals surface area contributed by atoms with E-state index >= 15 is 0 Å². The first-order valence-corrected chi connectivity index (χ1v) is 9.26. The molecule has 0 aromatic carbocycles. The molecule has 2 rings (SSSR count). The van der Waals surface area contributed by atoms with Crippen molar-refractivity contribution in [3.63, 3.8) is 0 Å². The van der Waals surface area contributed by atoms with Crippen molar-refractivity contribution in [2.24, 2.45) is 0 Å². The highest BCUT2D eigenvalue weighted by Crippen LogP contribution is 2.33. The highest BCUT2D eigenvalue weighted by atomic mass is 19.5. The third-order valence-electron chi connectivity index (χ3n) is 3.35. The van der Waals surface area contributed by atoms with Gasteiger partial charge in [0.1, 0.15) is 7.11 Å². The maximum absolute atomic E-state index is 9.75. The minimum Gasteiger partial charge on any atom is -0.418 e. The van der Waals surface area contributed by atoms with Gasteiger partial charge in [-0.25, -0.2) is 4.42 Å². The molecule has 0 radical (unpaired) electrons. The zero-order valence-corrected chi connectivity index (χ0v) is 18.8. The molecule has 3 nitrogen and oxygen atoms in total. The van der Waals surface area contributed by atoms with Crippen molar-refractivity contribution in [2.45, 2.75) is 52.4 Å². The molecule has 0 N–H and O–H groups in total. The molecular formula is C19H27B2F8NO2. The van der Waals surface area contributed by atoms with Crippen molar-refractivity contribution in [3.8, 4) is 11.1 Å². The van der Waals surface area contributed by atoms with Crippen LogP contribution in [0.5, 0.6) is 0 Å². The average molecular weight is 477 g/mol. The van der Waals surface area contributed by atoms with Gasteiger partial charge in [-0.05, 0) is 47.1 Å². The van der Waals surface area contributed by atoms with Gasteiger partial charge in [-0.3, -0.25) is 4.84 Å². The number of pyridine rings is 1. The molecule has 0 aliphatic heterocycles. The van der Waals surface area contributed by atoms with Gasteiger partial charge in [0.25, 0.3) is 0 Å². The van der Waals surface area contributed by atoms with E-state index in [4.69, 9.17) is 12.0 Å². The predicted octanol–water partition coefficient (Wildman–Crippen LogP) is 6.77. The van der Waals surface area contributed by atoms with Crippen LogP contribution in [0.2, 0.25) is 0 Å². The van der Waals surface area contributed by atoms with Gasteiger partial charge < -0.3 is 34.5 Å². The molecule has 0 atom stereocenters. The van der Waals surface area contributed by atoms with Crippen LogP contribution in [0.1, 0.15) is 55.8 Å². The molecule has 0 aliphatic carbocycles. The Labute approximate surface area is 185 Å². The van der Waals surface area contributed by atoms with E-state index in [9.17, 15) is 34.5 Å². The molecule has 2 heterocycles. The SMILES string of the molecule is F[B-](F)(F)F.F[B-](F)(F)F.[2H]c1c(C(C)(C)C)[o+]c(C(C)(C)C)c([2H])c1-c1cc[n+](OC)cc1. The number of rotatable bonds is 2. The molecular weight excluding hydrogens is 448 g/mol. The van der Waals surface area contributed by atoms with E-state index in [0.29, 0.717) is 17.1 Å². The van der Waals surface area contributed by atoms with Gasteiger partial charge in [-0.1, -0.05) is 0 Å².